The minimum Gasteiger partial charge on any atom is -0.445 e. The number of hydrogen-bond acceptors (Lipinski definition) is 4. The molecule has 1 heterocycles. The molecule has 17 heavy (non-hydrogen) atoms. The molecule has 0 atom stereocenters. The Kier molecular flexibility index (Phi) is 3.94. The zero-order valence-electron chi connectivity index (χ0n) is 11.5. The fourth-order valence-corrected chi connectivity index (χ4v) is 2.09. The molecule has 0 aliphatic rings. The SMILES string of the molecule is CC(=O)c1coc(C(C)(C)O[SiH2]C(C)(C)C)n1. The predicted octanol–water partition coefficient (Wildman–Crippen LogP) is 2.43. The number of ketones is 1. The topological polar surface area (TPSA) is 52.3 Å². The third-order valence-corrected chi connectivity index (χ3v) is 3.98. The summed E-state index contributed by atoms with van der Waals surface area (Å²) < 4.78 is 11.3. The molecule has 4 nitrogen and oxygen atoms in total. The van der Waals surface area contributed by atoms with E-state index in [2.05, 4.69) is 25.8 Å². The van der Waals surface area contributed by atoms with E-state index in [-0.39, 0.29) is 10.8 Å². The Morgan fingerprint density at radius 3 is 2.35 bits per heavy atom. The van der Waals surface area contributed by atoms with Crippen molar-refractivity contribution in [3.63, 3.8) is 0 Å². The summed E-state index contributed by atoms with van der Waals surface area (Å²) >= 11 is 0. The molecule has 0 fully saturated rings. The maximum Gasteiger partial charge on any atom is 0.225 e. The molecule has 1 aromatic rings. The Balaban J connectivity index is 2.78. The van der Waals surface area contributed by atoms with Gasteiger partial charge in [-0.05, 0) is 18.9 Å². The normalized spacial score (nSPS) is 13.5. The summed E-state index contributed by atoms with van der Waals surface area (Å²) in [6.07, 6.45) is 1.39. The van der Waals surface area contributed by atoms with Crippen LogP contribution in [0.1, 0.15) is 57.9 Å². The van der Waals surface area contributed by atoms with Gasteiger partial charge in [0, 0.05) is 6.92 Å². The quantitative estimate of drug-likeness (QED) is 0.612. The van der Waals surface area contributed by atoms with Crippen LogP contribution in [-0.2, 0) is 10.0 Å². The van der Waals surface area contributed by atoms with Gasteiger partial charge in [-0.2, -0.15) is 0 Å². The molecule has 0 N–H and O–H groups in total. The lowest BCUT2D eigenvalue weighted by atomic mass is 10.1. The first-order valence-electron chi connectivity index (χ1n) is 5.73. The molecule has 96 valence electrons. The Hall–Kier alpha value is -0.943. The molecule has 5 heteroatoms. The molecule has 0 spiro atoms. The van der Waals surface area contributed by atoms with Crippen LogP contribution in [0.3, 0.4) is 0 Å². The average molecular weight is 255 g/mol. The fourth-order valence-electron chi connectivity index (χ4n) is 1.17. The van der Waals surface area contributed by atoms with Crippen molar-refractivity contribution in [2.75, 3.05) is 0 Å². The summed E-state index contributed by atoms with van der Waals surface area (Å²) in [4.78, 5) is 15.3. The maximum atomic E-state index is 11.1. The average Bonchev–Trinajstić information content (AvgIpc) is 2.63. The molecule has 0 aliphatic carbocycles. The highest BCUT2D eigenvalue weighted by atomic mass is 28.2. The second-order valence-corrected chi connectivity index (χ2v) is 8.65. The van der Waals surface area contributed by atoms with E-state index in [1.54, 1.807) is 0 Å². The smallest absolute Gasteiger partial charge is 0.225 e. The van der Waals surface area contributed by atoms with Gasteiger partial charge in [-0.25, -0.2) is 4.98 Å². The van der Waals surface area contributed by atoms with Crippen molar-refractivity contribution in [1.82, 2.24) is 4.98 Å². The van der Waals surface area contributed by atoms with Gasteiger partial charge in [-0.15, -0.1) is 0 Å². The van der Waals surface area contributed by atoms with Crippen LogP contribution in [0.15, 0.2) is 10.7 Å². The zero-order chi connectivity index (χ0) is 13.3. The number of rotatable bonds is 4. The van der Waals surface area contributed by atoms with Crippen molar-refractivity contribution in [2.24, 2.45) is 0 Å². The molecule has 0 bridgehead atoms. The highest BCUT2D eigenvalue weighted by Gasteiger charge is 2.29. The molecule has 0 saturated heterocycles. The number of carbonyl (C=O) groups is 1. The summed E-state index contributed by atoms with van der Waals surface area (Å²) in [7, 11) is -0.693. The molecular formula is C12H21NO3Si. The summed E-state index contributed by atoms with van der Waals surface area (Å²) in [5, 5.41) is 0.216. The number of hydrogen-bond donors (Lipinski definition) is 0. The van der Waals surface area contributed by atoms with Gasteiger partial charge in [-0.1, -0.05) is 20.8 Å². The minimum atomic E-state index is -0.693. The first-order valence-corrected chi connectivity index (χ1v) is 7.01. The van der Waals surface area contributed by atoms with Crippen molar-refractivity contribution < 1.29 is 13.6 Å². The molecule has 0 saturated carbocycles. The van der Waals surface area contributed by atoms with Crippen molar-refractivity contribution in [2.45, 2.75) is 52.2 Å². The van der Waals surface area contributed by atoms with Crippen LogP contribution in [0.4, 0.5) is 0 Å². The van der Waals surface area contributed by atoms with Crippen LogP contribution in [0.5, 0.6) is 0 Å². The van der Waals surface area contributed by atoms with Crippen LogP contribution in [0, 0.1) is 0 Å². The second kappa shape index (κ2) is 4.74. The van der Waals surface area contributed by atoms with Gasteiger partial charge >= 0.3 is 0 Å². The van der Waals surface area contributed by atoms with E-state index in [0.717, 1.165) is 0 Å². The number of oxazole rings is 1. The van der Waals surface area contributed by atoms with Gasteiger partial charge in [0.25, 0.3) is 0 Å². The highest BCUT2D eigenvalue weighted by molar-refractivity contribution is 6.31. The molecule has 1 aromatic heterocycles. The molecule has 0 radical (unpaired) electrons. The van der Waals surface area contributed by atoms with Crippen molar-refractivity contribution in [3.8, 4) is 0 Å². The van der Waals surface area contributed by atoms with Crippen LogP contribution in [0.2, 0.25) is 5.04 Å². The Bertz CT molecular complexity index is 404. The maximum absolute atomic E-state index is 11.1. The van der Waals surface area contributed by atoms with E-state index in [9.17, 15) is 4.79 Å². The molecular weight excluding hydrogens is 234 g/mol. The Morgan fingerprint density at radius 2 is 1.94 bits per heavy atom. The van der Waals surface area contributed by atoms with Crippen molar-refractivity contribution in [3.05, 3.63) is 17.8 Å². The first kappa shape index (κ1) is 14.1. The lowest BCUT2D eigenvalue weighted by Crippen LogP contribution is -2.28. The van der Waals surface area contributed by atoms with Gasteiger partial charge in [-0.3, -0.25) is 4.79 Å². The third kappa shape index (κ3) is 4.09. The Labute approximate surface area is 105 Å². The largest absolute Gasteiger partial charge is 0.445 e. The third-order valence-electron chi connectivity index (χ3n) is 2.25. The number of nitrogens with zero attached hydrogens (tertiary/aromatic N) is 1. The fraction of sp³-hybridized carbons (Fsp3) is 0.667. The van der Waals surface area contributed by atoms with Crippen LogP contribution in [-0.4, -0.2) is 20.5 Å². The summed E-state index contributed by atoms with van der Waals surface area (Å²) in [6, 6.07) is 0. The summed E-state index contributed by atoms with van der Waals surface area (Å²) in [5.41, 5.74) is -0.207. The minimum absolute atomic E-state index is 0.0936. The van der Waals surface area contributed by atoms with E-state index in [4.69, 9.17) is 8.84 Å². The molecule has 1 rings (SSSR count). The molecule has 0 aromatic carbocycles. The van der Waals surface area contributed by atoms with Gasteiger partial charge in [0.2, 0.25) is 5.89 Å². The van der Waals surface area contributed by atoms with Crippen molar-refractivity contribution >= 4 is 15.5 Å². The second-order valence-electron chi connectivity index (χ2n) is 5.95. The monoisotopic (exact) mass is 255 g/mol. The zero-order valence-corrected chi connectivity index (χ0v) is 12.9. The van der Waals surface area contributed by atoms with E-state index in [0.29, 0.717) is 11.6 Å². The summed E-state index contributed by atoms with van der Waals surface area (Å²) in [6.45, 7) is 11.8. The predicted molar refractivity (Wildman–Crippen MR) is 68.9 cm³/mol. The number of carbonyl (C=O) groups excluding carboxylic acids is 1. The molecule has 0 unspecified atom stereocenters. The van der Waals surface area contributed by atoms with Crippen LogP contribution >= 0.6 is 0 Å². The van der Waals surface area contributed by atoms with E-state index < -0.39 is 15.4 Å². The molecule has 0 aliphatic heterocycles. The van der Waals surface area contributed by atoms with Crippen molar-refractivity contribution in [1.29, 1.82) is 0 Å². The standard InChI is InChI=1S/C12H21NO3Si/c1-8(14)9-7-15-10(13-9)12(5,6)16-17-11(2,3)4/h7H,17H2,1-6H3. The van der Waals surface area contributed by atoms with Gasteiger partial charge in [0.15, 0.2) is 15.5 Å². The van der Waals surface area contributed by atoms with E-state index in [1.807, 2.05) is 13.8 Å². The van der Waals surface area contributed by atoms with Crippen LogP contribution < -0.4 is 0 Å². The van der Waals surface area contributed by atoms with Crippen LogP contribution in [0.25, 0.3) is 0 Å². The lowest BCUT2D eigenvalue weighted by Gasteiger charge is -2.27. The highest BCUT2D eigenvalue weighted by Crippen LogP contribution is 2.28. The number of aromatic nitrogens is 1. The Morgan fingerprint density at radius 1 is 1.35 bits per heavy atom. The van der Waals surface area contributed by atoms with E-state index >= 15 is 0 Å². The van der Waals surface area contributed by atoms with E-state index in [1.165, 1.54) is 13.2 Å². The van der Waals surface area contributed by atoms with Gasteiger partial charge in [0.05, 0.1) is 0 Å². The summed E-state index contributed by atoms with van der Waals surface area (Å²) in [5.74, 6) is 0.378. The first-order chi connectivity index (χ1) is 7.62. The van der Waals surface area contributed by atoms with Gasteiger partial charge in [0.1, 0.15) is 17.6 Å². The molecule has 0 amide bonds. The number of Topliss-reactive ketones (excluding diaryl/α,β-unsaturated/α-hetero) is 1. The lowest BCUT2D eigenvalue weighted by molar-refractivity contribution is 0.0766. The van der Waals surface area contributed by atoms with Gasteiger partial charge < -0.3 is 8.84 Å².